The third-order valence-electron chi connectivity index (χ3n) is 5.37. The second kappa shape index (κ2) is 19.1. The average molecular weight is 663 g/mol. The highest BCUT2D eigenvalue weighted by atomic mass is 32.2. The molecule has 0 radical (unpaired) electrons. The standard InChI is InChI=1S/C14H17N3O3S2.C14H17N3O2S2/c1-19-8-7-15-12(18)9-21-14-16-13(17-22-14)10-3-5-11(20-2)6-4-10;1-3-8-15-12(18)9-20-14-16-13(17-21-14)10-4-6-11(19-2)7-5-10/h3-6H,7-9H2,1-2H3,(H,15,18);4-7H,3,8-9H2,1-2H3,(H,15,18). The third kappa shape index (κ3) is 12.1. The van der Waals surface area contributed by atoms with Crippen LogP contribution in [0.15, 0.2) is 57.2 Å². The van der Waals surface area contributed by atoms with Gasteiger partial charge in [0.05, 0.1) is 32.3 Å². The lowest BCUT2D eigenvalue weighted by atomic mass is 10.2. The molecule has 4 aromatic rings. The fraction of sp³-hybridized carbons (Fsp3) is 0.357. The number of aromatic nitrogens is 4. The van der Waals surface area contributed by atoms with Gasteiger partial charge in [-0.05, 0) is 78.0 Å². The molecule has 2 aromatic heterocycles. The summed E-state index contributed by atoms with van der Waals surface area (Å²) >= 11 is 5.39. The summed E-state index contributed by atoms with van der Waals surface area (Å²) in [6, 6.07) is 15.1. The van der Waals surface area contributed by atoms with Crippen LogP contribution in [-0.2, 0) is 14.3 Å². The number of hydrogen-bond donors (Lipinski definition) is 2. The Labute approximate surface area is 267 Å². The summed E-state index contributed by atoms with van der Waals surface area (Å²) in [5, 5.41) is 5.60. The van der Waals surface area contributed by atoms with Gasteiger partial charge in [-0.25, -0.2) is 9.97 Å². The number of benzene rings is 2. The molecule has 2 N–H and O–H groups in total. The van der Waals surface area contributed by atoms with E-state index in [1.807, 2.05) is 55.5 Å². The van der Waals surface area contributed by atoms with Gasteiger partial charge in [-0.3, -0.25) is 9.59 Å². The van der Waals surface area contributed by atoms with Crippen LogP contribution in [0.2, 0.25) is 0 Å². The van der Waals surface area contributed by atoms with E-state index in [9.17, 15) is 9.59 Å². The largest absolute Gasteiger partial charge is 0.497 e. The molecule has 2 amide bonds. The van der Waals surface area contributed by atoms with Crippen molar-refractivity contribution in [1.82, 2.24) is 29.3 Å². The van der Waals surface area contributed by atoms with Crippen molar-refractivity contribution in [3.8, 4) is 34.3 Å². The molecule has 0 unspecified atom stereocenters. The topological polar surface area (TPSA) is 137 Å². The van der Waals surface area contributed by atoms with Gasteiger partial charge in [0.1, 0.15) is 11.5 Å². The zero-order valence-electron chi connectivity index (χ0n) is 24.3. The first-order chi connectivity index (χ1) is 20.9. The van der Waals surface area contributed by atoms with Crippen LogP contribution in [0.4, 0.5) is 0 Å². The molecular formula is C28H34N6O5S4. The van der Waals surface area contributed by atoms with E-state index in [1.54, 1.807) is 21.3 Å². The van der Waals surface area contributed by atoms with Crippen molar-refractivity contribution < 1.29 is 23.8 Å². The van der Waals surface area contributed by atoms with Gasteiger partial charge in [-0.15, -0.1) is 0 Å². The molecule has 0 spiro atoms. The van der Waals surface area contributed by atoms with E-state index < -0.39 is 0 Å². The normalized spacial score (nSPS) is 10.4. The molecule has 0 fully saturated rings. The minimum atomic E-state index is -0.0387. The molecule has 0 aliphatic carbocycles. The minimum absolute atomic E-state index is 0.0306. The van der Waals surface area contributed by atoms with Crippen molar-refractivity contribution in [1.29, 1.82) is 0 Å². The van der Waals surface area contributed by atoms with E-state index in [4.69, 9.17) is 14.2 Å². The monoisotopic (exact) mass is 662 g/mol. The highest BCUT2D eigenvalue weighted by Crippen LogP contribution is 2.27. The number of hydrogen-bond acceptors (Lipinski definition) is 13. The lowest BCUT2D eigenvalue weighted by Gasteiger charge is -2.02. The average Bonchev–Trinajstić information content (AvgIpc) is 3.73. The second-order valence-corrected chi connectivity index (χ2v) is 12.4. The Morgan fingerprint density at radius 1 is 0.721 bits per heavy atom. The van der Waals surface area contributed by atoms with E-state index >= 15 is 0 Å². The molecule has 2 heterocycles. The summed E-state index contributed by atoms with van der Waals surface area (Å²) in [5.74, 6) is 3.62. The van der Waals surface area contributed by atoms with E-state index in [2.05, 4.69) is 29.3 Å². The van der Waals surface area contributed by atoms with Gasteiger partial charge in [0.15, 0.2) is 20.3 Å². The molecule has 0 saturated carbocycles. The Morgan fingerprint density at radius 3 is 1.56 bits per heavy atom. The lowest BCUT2D eigenvalue weighted by molar-refractivity contribution is -0.119. The van der Waals surface area contributed by atoms with Gasteiger partial charge >= 0.3 is 0 Å². The molecule has 15 heteroatoms. The molecular weight excluding hydrogens is 629 g/mol. The zero-order chi connectivity index (χ0) is 30.9. The number of nitrogens with one attached hydrogen (secondary N) is 2. The number of nitrogens with zero attached hydrogens (tertiary/aromatic N) is 4. The number of rotatable bonds is 15. The molecule has 0 aliphatic heterocycles. The molecule has 0 saturated heterocycles. The summed E-state index contributed by atoms with van der Waals surface area (Å²) in [6.45, 7) is 3.77. The Morgan fingerprint density at radius 2 is 1.16 bits per heavy atom. The smallest absolute Gasteiger partial charge is 0.230 e. The second-order valence-electron chi connectivity index (χ2n) is 8.49. The summed E-state index contributed by atoms with van der Waals surface area (Å²) in [6.07, 6.45) is 0.941. The van der Waals surface area contributed by atoms with Crippen molar-refractivity contribution in [2.45, 2.75) is 22.0 Å². The van der Waals surface area contributed by atoms with Crippen LogP contribution in [0.25, 0.3) is 22.8 Å². The van der Waals surface area contributed by atoms with Crippen molar-refractivity contribution in [2.24, 2.45) is 0 Å². The molecule has 0 bridgehead atoms. The van der Waals surface area contributed by atoms with E-state index in [1.165, 1.54) is 46.6 Å². The number of thioether (sulfide) groups is 2. The fourth-order valence-electron chi connectivity index (χ4n) is 3.16. The molecule has 230 valence electrons. The van der Waals surface area contributed by atoms with Crippen LogP contribution >= 0.6 is 46.6 Å². The SMILES string of the molecule is CCCNC(=O)CSc1nc(-c2ccc(OC)cc2)ns1.COCCNC(=O)CSc1nc(-c2ccc(OC)cc2)ns1. The number of methoxy groups -OCH3 is 3. The van der Waals surface area contributed by atoms with Crippen LogP contribution in [0.5, 0.6) is 11.5 Å². The Kier molecular flexibility index (Phi) is 15.2. The molecule has 0 aliphatic rings. The fourth-order valence-corrected chi connectivity index (χ4v) is 6.05. The first-order valence-electron chi connectivity index (χ1n) is 13.2. The molecule has 0 atom stereocenters. The van der Waals surface area contributed by atoms with Crippen molar-refractivity contribution in [2.75, 3.05) is 52.5 Å². The highest BCUT2D eigenvalue weighted by Gasteiger charge is 2.11. The Hall–Kier alpha value is -3.24. The van der Waals surface area contributed by atoms with Gasteiger partial charge in [-0.2, -0.15) is 8.75 Å². The zero-order valence-corrected chi connectivity index (χ0v) is 27.6. The van der Waals surface area contributed by atoms with Crippen molar-refractivity contribution >= 4 is 58.4 Å². The number of carbonyl (C=O) groups excluding carboxylic acids is 2. The van der Waals surface area contributed by atoms with E-state index in [0.29, 0.717) is 42.9 Å². The van der Waals surface area contributed by atoms with Crippen LogP contribution in [-0.4, -0.2) is 83.1 Å². The maximum atomic E-state index is 11.6. The van der Waals surface area contributed by atoms with Gasteiger partial charge in [0.2, 0.25) is 11.8 Å². The predicted molar refractivity (Wildman–Crippen MR) is 173 cm³/mol. The molecule has 43 heavy (non-hydrogen) atoms. The molecule has 4 rings (SSSR count). The highest BCUT2D eigenvalue weighted by molar-refractivity contribution is 8.01. The van der Waals surface area contributed by atoms with Crippen LogP contribution in [0, 0.1) is 0 Å². The molecule has 2 aromatic carbocycles. The van der Waals surface area contributed by atoms with Crippen LogP contribution < -0.4 is 20.1 Å². The van der Waals surface area contributed by atoms with Crippen LogP contribution in [0.1, 0.15) is 13.3 Å². The van der Waals surface area contributed by atoms with Gasteiger partial charge in [-0.1, -0.05) is 30.4 Å². The van der Waals surface area contributed by atoms with Gasteiger partial charge in [0.25, 0.3) is 0 Å². The van der Waals surface area contributed by atoms with Gasteiger partial charge in [0, 0.05) is 31.3 Å². The van der Waals surface area contributed by atoms with E-state index in [-0.39, 0.29) is 11.8 Å². The first kappa shape index (κ1) is 34.3. The summed E-state index contributed by atoms with van der Waals surface area (Å²) in [7, 11) is 4.86. The Balaban J connectivity index is 0.000000236. The minimum Gasteiger partial charge on any atom is -0.497 e. The summed E-state index contributed by atoms with van der Waals surface area (Å²) in [5.41, 5.74) is 1.86. The van der Waals surface area contributed by atoms with Crippen LogP contribution in [0.3, 0.4) is 0 Å². The maximum Gasteiger partial charge on any atom is 0.230 e. The van der Waals surface area contributed by atoms with Crippen molar-refractivity contribution in [3.05, 3.63) is 48.5 Å². The van der Waals surface area contributed by atoms with Gasteiger partial charge < -0.3 is 24.8 Å². The maximum absolute atomic E-state index is 11.6. The number of amides is 2. The lowest BCUT2D eigenvalue weighted by Crippen LogP contribution is -2.28. The number of ether oxygens (including phenoxy) is 3. The Bertz CT molecular complexity index is 1400. The quantitative estimate of drug-likeness (QED) is 0.133. The van der Waals surface area contributed by atoms with E-state index in [0.717, 1.165) is 37.7 Å². The third-order valence-corrected chi connectivity index (χ3v) is 9.03. The summed E-state index contributed by atoms with van der Waals surface area (Å²) in [4.78, 5) is 32.0. The summed E-state index contributed by atoms with van der Waals surface area (Å²) < 4.78 is 25.3. The van der Waals surface area contributed by atoms with Crippen molar-refractivity contribution in [3.63, 3.8) is 0 Å². The number of carbonyl (C=O) groups is 2. The molecule has 11 nitrogen and oxygen atoms in total. The predicted octanol–water partition coefficient (Wildman–Crippen LogP) is 4.90. The first-order valence-corrected chi connectivity index (χ1v) is 16.7.